The molecule has 0 fully saturated rings. The fraction of sp³-hybridized carbons (Fsp3) is 0.192. The number of methoxy groups -OCH3 is 2. The number of ether oxygens (including phenoxy) is 2. The standard InChI is InChI=1S/C26H24N4O4/c1-15-23(18-6-4-5-7-22(18)27-15)19(16-8-10-17(33-2)11-9-16)12-30-13-20-24(28-29-25(20)31)21(14-30)26(32)34-3/h4-11,13-14,19,27H,12H2,1-3H3,(H,29,31)/t19-/m0/s1. The molecule has 0 radical (unpaired) electrons. The number of carbonyl (C=O) groups excluding carboxylic acids is 1. The summed E-state index contributed by atoms with van der Waals surface area (Å²) in [5, 5.41) is 7.58. The van der Waals surface area contributed by atoms with Gasteiger partial charge in [-0.1, -0.05) is 30.3 Å². The first-order chi connectivity index (χ1) is 16.5. The number of para-hydroxylation sites is 1. The number of hydrogen-bond donors (Lipinski definition) is 2. The molecule has 8 nitrogen and oxygen atoms in total. The van der Waals surface area contributed by atoms with Crippen molar-refractivity contribution >= 4 is 16.9 Å². The fourth-order valence-corrected chi connectivity index (χ4v) is 4.61. The molecule has 0 bridgehead atoms. The summed E-state index contributed by atoms with van der Waals surface area (Å²) in [6, 6.07) is 16.1. The Morgan fingerprint density at radius 1 is 1.09 bits per heavy atom. The fourth-order valence-electron chi connectivity index (χ4n) is 4.61. The molecule has 0 amide bonds. The number of aromatic amines is 2. The number of H-pyrrole nitrogens is 2. The molecule has 0 aliphatic carbocycles. The van der Waals surface area contributed by atoms with Crippen molar-refractivity contribution in [2.45, 2.75) is 19.4 Å². The van der Waals surface area contributed by atoms with Gasteiger partial charge >= 0.3 is 5.97 Å². The van der Waals surface area contributed by atoms with Crippen LogP contribution in [0.2, 0.25) is 0 Å². The summed E-state index contributed by atoms with van der Waals surface area (Å²) in [4.78, 5) is 28.3. The molecule has 1 aromatic heterocycles. The lowest BCUT2D eigenvalue weighted by Gasteiger charge is -2.22. The zero-order chi connectivity index (χ0) is 23.8. The lowest BCUT2D eigenvalue weighted by molar-refractivity contribution is 0.0600. The van der Waals surface area contributed by atoms with Gasteiger partial charge < -0.3 is 19.0 Å². The second-order valence-electron chi connectivity index (χ2n) is 8.21. The lowest BCUT2D eigenvalue weighted by atomic mass is 9.88. The maximum Gasteiger partial charge on any atom is 0.341 e. The molecule has 0 unspecified atom stereocenters. The van der Waals surface area contributed by atoms with Gasteiger partial charge in [0.2, 0.25) is 0 Å². The van der Waals surface area contributed by atoms with Crippen LogP contribution in [0.5, 0.6) is 5.75 Å². The highest BCUT2D eigenvalue weighted by Crippen LogP contribution is 2.36. The Morgan fingerprint density at radius 3 is 2.59 bits per heavy atom. The van der Waals surface area contributed by atoms with Crippen molar-refractivity contribution in [3.63, 3.8) is 0 Å². The number of hydrogen-bond acceptors (Lipinski definition) is 5. The molecule has 2 aliphatic rings. The summed E-state index contributed by atoms with van der Waals surface area (Å²) in [5.74, 6) is 0.154. The van der Waals surface area contributed by atoms with Crippen LogP contribution in [0.1, 0.15) is 33.1 Å². The number of aryl methyl sites for hydroxylation is 1. The van der Waals surface area contributed by atoms with Gasteiger partial charge in [-0.15, -0.1) is 0 Å². The second-order valence-corrected chi connectivity index (χ2v) is 8.21. The minimum atomic E-state index is -0.546. The molecule has 0 spiro atoms. The van der Waals surface area contributed by atoms with E-state index in [1.165, 1.54) is 7.11 Å². The van der Waals surface area contributed by atoms with Crippen LogP contribution < -0.4 is 10.3 Å². The molecule has 172 valence electrons. The van der Waals surface area contributed by atoms with E-state index < -0.39 is 5.97 Å². The predicted octanol–water partition coefficient (Wildman–Crippen LogP) is 4.09. The highest BCUT2D eigenvalue weighted by molar-refractivity contribution is 5.96. The average molecular weight is 457 g/mol. The zero-order valence-electron chi connectivity index (χ0n) is 19.1. The Labute approximate surface area is 195 Å². The second kappa shape index (κ2) is 8.55. The molecule has 0 saturated carbocycles. The van der Waals surface area contributed by atoms with E-state index in [2.05, 4.69) is 34.2 Å². The number of rotatable bonds is 6. The van der Waals surface area contributed by atoms with Gasteiger partial charge in [0.15, 0.2) is 0 Å². The quantitative estimate of drug-likeness (QED) is 0.375. The van der Waals surface area contributed by atoms with Crippen molar-refractivity contribution in [3.8, 4) is 17.0 Å². The summed E-state index contributed by atoms with van der Waals surface area (Å²) in [5.41, 5.74) is 4.88. The van der Waals surface area contributed by atoms with E-state index in [0.29, 0.717) is 17.8 Å². The van der Waals surface area contributed by atoms with E-state index in [1.807, 2.05) is 41.0 Å². The third-order valence-electron chi connectivity index (χ3n) is 6.22. The number of benzene rings is 2. The Bertz CT molecular complexity index is 1510. The van der Waals surface area contributed by atoms with Crippen molar-refractivity contribution in [2.75, 3.05) is 14.2 Å². The minimum Gasteiger partial charge on any atom is -0.497 e. The summed E-state index contributed by atoms with van der Waals surface area (Å²) < 4.78 is 12.2. The maximum atomic E-state index is 12.5. The summed E-state index contributed by atoms with van der Waals surface area (Å²) in [7, 11) is 2.95. The summed E-state index contributed by atoms with van der Waals surface area (Å²) in [6.07, 6.45) is 3.42. The zero-order valence-corrected chi connectivity index (χ0v) is 19.1. The molecule has 0 saturated heterocycles. The van der Waals surface area contributed by atoms with Gasteiger partial charge in [0.25, 0.3) is 5.56 Å². The molecule has 3 aromatic rings. The molecule has 5 rings (SSSR count). The third-order valence-corrected chi connectivity index (χ3v) is 6.22. The third kappa shape index (κ3) is 3.63. The van der Waals surface area contributed by atoms with Crippen molar-refractivity contribution in [3.05, 3.63) is 93.7 Å². The lowest BCUT2D eigenvalue weighted by Crippen LogP contribution is -2.16. The molecular weight excluding hydrogens is 432 g/mol. The largest absolute Gasteiger partial charge is 0.497 e. The van der Waals surface area contributed by atoms with Crippen LogP contribution in [0, 0.1) is 6.92 Å². The normalized spacial score (nSPS) is 12.2. The molecule has 8 heteroatoms. The van der Waals surface area contributed by atoms with Gasteiger partial charge in [0.05, 0.1) is 19.8 Å². The van der Waals surface area contributed by atoms with Crippen LogP contribution in [0.3, 0.4) is 0 Å². The maximum absolute atomic E-state index is 12.5. The van der Waals surface area contributed by atoms with Crippen LogP contribution in [-0.2, 0) is 11.3 Å². The molecule has 2 aliphatic heterocycles. The van der Waals surface area contributed by atoms with Crippen LogP contribution in [0.4, 0.5) is 0 Å². The first kappa shape index (κ1) is 21.5. The van der Waals surface area contributed by atoms with E-state index in [0.717, 1.165) is 33.5 Å². The highest BCUT2D eigenvalue weighted by Gasteiger charge is 2.25. The van der Waals surface area contributed by atoms with Gasteiger partial charge in [-0.3, -0.25) is 4.79 Å². The molecular formula is C26H24N4O4. The number of esters is 1. The Morgan fingerprint density at radius 2 is 1.85 bits per heavy atom. The molecule has 34 heavy (non-hydrogen) atoms. The number of pyridine rings is 1. The number of nitrogens with one attached hydrogen (secondary N) is 2. The first-order valence-corrected chi connectivity index (χ1v) is 10.9. The topological polar surface area (TPSA) is 102 Å². The Kier molecular flexibility index (Phi) is 5.41. The van der Waals surface area contributed by atoms with E-state index in [1.54, 1.807) is 19.5 Å². The summed E-state index contributed by atoms with van der Waals surface area (Å²) >= 11 is 0. The monoisotopic (exact) mass is 456 g/mol. The smallest absolute Gasteiger partial charge is 0.341 e. The van der Waals surface area contributed by atoms with Crippen LogP contribution in [-0.4, -0.2) is 39.9 Å². The van der Waals surface area contributed by atoms with Gasteiger partial charge in [-0.25, -0.2) is 9.89 Å². The number of carbonyl (C=O) groups is 1. The Hall–Kier alpha value is -4.33. The van der Waals surface area contributed by atoms with E-state index >= 15 is 0 Å². The number of fused-ring (bicyclic) bond motifs is 2. The van der Waals surface area contributed by atoms with E-state index in [-0.39, 0.29) is 17.0 Å². The number of aromatic nitrogens is 4. The first-order valence-electron chi connectivity index (χ1n) is 10.9. The van der Waals surface area contributed by atoms with Gasteiger partial charge in [0, 0.05) is 41.5 Å². The average Bonchev–Trinajstić information content (AvgIpc) is 3.40. The van der Waals surface area contributed by atoms with Crippen molar-refractivity contribution in [1.82, 2.24) is 19.7 Å². The van der Waals surface area contributed by atoms with Crippen molar-refractivity contribution in [1.29, 1.82) is 0 Å². The van der Waals surface area contributed by atoms with Gasteiger partial charge in [-0.2, -0.15) is 5.10 Å². The number of nitrogens with zero attached hydrogens (tertiary/aromatic N) is 2. The summed E-state index contributed by atoms with van der Waals surface area (Å²) in [6.45, 7) is 2.55. The molecule has 2 aromatic carbocycles. The SMILES string of the molecule is COC(=O)c1cn(C[C@@H](c2ccc(OC)cc2)c2c(C)[nH]c3ccccc23)cc2c(=O)[nH]nc1-2. The van der Waals surface area contributed by atoms with Crippen molar-refractivity contribution in [2.24, 2.45) is 0 Å². The van der Waals surface area contributed by atoms with Crippen LogP contribution in [0.15, 0.2) is 65.7 Å². The van der Waals surface area contributed by atoms with Crippen LogP contribution in [0.25, 0.3) is 22.2 Å². The van der Waals surface area contributed by atoms with E-state index in [9.17, 15) is 9.59 Å². The van der Waals surface area contributed by atoms with Gasteiger partial charge in [-0.05, 0) is 36.2 Å². The molecule has 3 heterocycles. The highest BCUT2D eigenvalue weighted by atomic mass is 16.5. The predicted molar refractivity (Wildman–Crippen MR) is 129 cm³/mol. The van der Waals surface area contributed by atoms with Gasteiger partial charge in [0.1, 0.15) is 17.0 Å². The van der Waals surface area contributed by atoms with Crippen LogP contribution >= 0.6 is 0 Å². The van der Waals surface area contributed by atoms with E-state index in [4.69, 9.17) is 9.47 Å². The molecule has 2 N–H and O–H groups in total. The minimum absolute atomic E-state index is 0.0722. The Balaban J connectivity index is 1.69. The molecule has 1 atom stereocenters. The van der Waals surface area contributed by atoms with Crippen molar-refractivity contribution < 1.29 is 14.3 Å².